The molecule has 0 N–H and O–H groups in total. The number of carbonyl (C=O) groups excluding carboxylic acids is 1. The van der Waals surface area contributed by atoms with Crippen LogP contribution in [0.3, 0.4) is 0 Å². The van der Waals surface area contributed by atoms with Crippen LogP contribution in [0.15, 0.2) is 18.2 Å². The third kappa shape index (κ3) is 3.36. The van der Waals surface area contributed by atoms with E-state index in [0.29, 0.717) is 22.1 Å². The summed E-state index contributed by atoms with van der Waals surface area (Å²) >= 11 is 7.05. The first kappa shape index (κ1) is 10.5. The van der Waals surface area contributed by atoms with Crippen LogP contribution < -0.4 is 0 Å². The van der Waals surface area contributed by atoms with E-state index in [-0.39, 0.29) is 5.82 Å². The molecule has 0 saturated heterocycles. The highest BCUT2D eigenvalue weighted by atomic mass is 35.5. The highest BCUT2D eigenvalue weighted by Gasteiger charge is 2.02. The number of hydrogen-bond donors (Lipinski definition) is 0. The van der Waals surface area contributed by atoms with Gasteiger partial charge in [-0.3, -0.25) is 0 Å². The van der Waals surface area contributed by atoms with Gasteiger partial charge >= 0.3 is 0 Å². The van der Waals surface area contributed by atoms with Gasteiger partial charge in [-0.25, -0.2) is 4.39 Å². The van der Waals surface area contributed by atoms with Crippen LogP contribution in [0.5, 0.6) is 0 Å². The van der Waals surface area contributed by atoms with Crippen molar-refractivity contribution in [2.24, 2.45) is 0 Å². The van der Waals surface area contributed by atoms with Crippen molar-refractivity contribution in [3.8, 4) is 0 Å². The van der Waals surface area contributed by atoms with Crippen LogP contribution in [0.1, 0.15) is 5.56 Å². The number of carbonyl (C=O) groups is 1. The van der Waals surface area contributed by atoms with E-state index in [9.17, 15) is 9.18 Å². The van der Waals surface area contributed by atoms with Crippen LogP contribution in [-0.4, -0.2) is 12.0 Å². The third-order valence-electron chi connectivity index (χ3n) is 1.45. The Labute approximate surface area is 85.3 Å². The maximum Gasteiger partial charge on any atom is 0.129 e. The van der Waals surface area contributed by atoms with Gasteiger partial charge in [-0.2, -0.15) is 0 Å². The van der Waals surface area contributed by atoms with Crippen LogP contribution in [-0.2, 0) is 10.5 Å². The molecular formula is C9H8ClFOS. The van der Waals surface area contributed by atoms with Crippen molar-refractivity contribution in [2.75, 3.05) is 5.75 Å². The van der Waals surface area contributed by atoms with Crippen LogP contribution in [0, 0.1) is 5.82 Å². The van der Waals surface area contributed by atoms with Crippen LogP contribution in [0.25, 0.3) is 0 Å². The van der Waals surface area contributed by atoms with Gasteiger partial charge in [0.05, 0.1) is 0 Å². The summed E-state index contributed by atoms with van der Waals surface area (Å²) in [6.07, 6.45) is 0.799. The molecule has 0 aliphatic rings. The minimum absolute atomic E-state index is 0.275. The lowest BCUT2D eigenvalue weighted by Gasteiger charge is -2.01. The zero-order chi connectivity index (χ0) is 9.68. The fraction of sp³-hybridized carbons (Fsp3) is 0.222. The van der Waals surface area contributed by atoms with E-state index >= 15 is 0 Å². The maximum absolute atomic E-state index is 13.0. The molecule has 4 heteroatoms. The fourth-order valence-electron chi connectivity index (χ4n) is 0.871. The predicted molar refractivity (Wildman–Crippen MR) is 53.6 cm³/mol. The van der Waals surface area contributed by atoms with Crippen LogP contribution in [0.4, 0.5) is 4.39 Å². The molecule has 1 aromatic carbocycles. The van der Waals surface area contributed by atoms with Gasteiger partial charge in [-0.15, -0.1) is 11.8 Å². The van der Waals surface area contributed by atoms with E-state index in [4.69, 9.17) is 11.6 Å². The van der Waals surface area contributed by atoms with E-state index in [0.717, 1.165) is 6.29 Å². The first-order chi connectivity index (χ1) is 6.24. The van der Waals surface area contributed by atoms with E-state index in [1.807, 2.05) is 0 Å². The van der Waals surface area contributed by atoms with Crippen LogP contribution >= 0.6 is 23.4 Å². The maximum atomic E-state index is 13.0. The SMILES string of the molecule is O=CCSCc1cc(Cl)ccc1F. The lowest BCUT2D eigenvalue weighted by atomic mass is 10.2. The lowest BCUT2D eigenvalue weighted by molar-refractivity contribution is -0.105. The van der Waals surface area contributed by atoms with E-state index in [1.54, 1.807) is 6.07 Å². The highest BCUT2D eigenvalue weighted by molar-refractivity contribution is 7.99. The summed E-state index contributed by atoms with van der Waals surface area (Å²) in [6, 6.07) is 4.42. The molecule has 1 nitrogen and oxygen atoms in total. The summed E-state index contributed by atoms with van der Waals surface area (Å²) in [6.45, 7) is 0. The molecule has 13 heavy (non-hydrogen) atoms. The smallest absolute Gasteiger partial charge is 0.129 e. The van der Waals surface area contributed by atoms with Gasteiger partial charge in [0.25, 0.3) is 0 Å². The molecule has 1 aromatic rings. The van der Waals surface area contributed by atoms with Crippen molar-refractivity contribution in [3.05, 3.63) is 34.6 Å². The molecule has 0 unspecified atom stereocenters. The molecule has 0 saturated carbocycles. The third-order valence-corrected chi connectivity index (χ3v) is 2.57. The minimum Gasteiger partial charge on any atom is -0.302 e. The second-order valence-corrected chi connectivity index (χ2v) is 3.88. The number of halogens is 2. The summed E-state index contributed by atoms with van der Waals surface area (Å²) in [5, 5.41) is 0.517. The number of hydrogen-bond acceptors (Lipinski definition) is 2. The normalized spacial score (nSPS) is 10.0. The largest absolute Gasteiger partial charge is 0.302 e. The molecule has 0 bridgehead atoms. The molecule has 1 rings (SSSR count). The fourth-order valence-corrected chi connectivity index (χ4v) is 1.72. The van der Waals surface area contributed by atoms with Crippen molar-refractivity contribution in [2.45, 2.75) is 5.75 Å². The Hall–Kier alpha value is -0.540. The highest BCUT2D eigenvalue weighted by Crippen LogP contribution is 2.19. The Morgan fingerprint density at radius 1 is 1.54 bits per heavy atom. The van der Waals surface area contributed by atoms with Gasteiger partial charge in [0.15, 0.2) is 0 Å². The predicted octanol–water partition coefficient (Wildman–Crippen LogP) is 2.91. The van der Waals surface area contributed by atoms with Gasteiger partial charge in [0.1, 0.15) is 12.1 Å². The quantitative estimate of drug-likeness (QED) is 0.571. The number of rotatable bonds is 4. The molecule has 0 atom stereocenters. The minimum atomic E-state index is -0.275. The second-order valence-electron chi connectivity index (χ2n) is 2.42. The summed E-state index contributed by atoms with van der Waals surface area (Å²) in [4.78, 5) is 10.0. The Morgan fingerprint density at radius 3 is 3.00 bits per heavy atom. The number of aldehydes is 1. The second kappa shape index (κ2) is 5.25. The van der Waals surface area contributed by atoms with E-state index in [1.165, 1.54) is 23.9 Å². The average Bonchev–Trinajstić information content (AvgIpc) is 2.11. The molecule has 0 aromatic heterocycles. The Bertz CT molecular complexity index is 304. The molecule has 0 aliphatic heterocycles. The Morgan fingerprint density at radius 2 is 2.31 bits per heavy atom. The molecule has 0 radical (unpaired) electrons. The topological polar surface area (TPSA) is 17.1 Å². The monoisotopic (exact) mass is 218 g/mol. The van der Waals surface area contributed by atoms with Crippen molar-refractivity contribution in [1.82, 2.24) is 0 Å². The van der Waals surface area contributed by atoms with Gasteiger partial charge in [-0.1, -0.05) is 11.6 Å². The van der Waals surface area contributed by atoms with Crippen molar-refractivity contribution in [1.29, 1.82) is 0 Å². The average molecular weight is 219 g/mol. The molecule has 0 spiro atoms. The Balaban J connectivity index is 2.64. The molecule has 0 aliphatic carbocycles. The summed E-state index contributed by atoms with van der Waals surface area (Å²) in [5.41, 5.74) is 0.541. The van der Waals surface area contributed by atoms with Crippen LogP contribution in [0.2, 0.25) is 5.02 Å². The van der Waals surface area contributed by atoms with E-state index in [2.05, 4.69) is 0 Å². The zero-order valence-electron chi connectivity index (χ0n) is 6.80. The summed E-state index contributed by atoms with van der Waals surface area (Å²) in [5.74, 6) is 0.583. The van der Waals surface area contributed by atoms with Gasteiger partial charge in [0.2, 0.25) is 0 Å². The molecule has 0 heterocycles. The summed E-state index contributed by atoms with van der Waals surface area (Å²) < 4.78 is 13.0. The first-order valence-electron chi connectivity index (χ1n) is 3.69. The first-order valence-corrected chi connectivity index (χ1v) is 5.22. The van der Waals surface area contributed by atoms with Crippen molar-refractivity contribution in [3.63, 3.8) is 0 Å². The number of thioether (sulfide) groups is 1. The zero-order valence-corrected chi connectivity index (χ0v) is 8.37. The number of benzene rings is 1. The Kier molecular flexibility index (Phi) is 4.25. The molecular weight excluding hydrogens is 211 g/mol. The van der Waals surface area contributed by atoms with Crippen molar-refractivity contribution < 1.29 is 9.18 Å². The summed E-state index contributed by atoms with van der Waals surface area (Å²) in [7, 11) is 0. The molecule has 0 fully saturated rings. The van der Waals surface area contributed by atoms with Gasteiger partial charge in [0, 0.05) is 16.5 Å². The van der Waals surface area contributed by atoms with Gasteiger partial charge < -0.3 is 4.79 Å². The van der Waals surface area contributed by atoms with Gasteiger partial charge in [-0.05, 0) is 23.8 Å². The standard InChI is InChI=1S/C9H8ClFOS/c10-8-1-2-9(11)7(5-8)6-13-4-3-12/h1-3,5H,4,6H2. The van der Waals surface area contributed by atoms with Crippen molar-refractivity contribution >= 4 is 29.6 Å². The van der Waals surface area contributed by atoms with E-state index < -0.39 is 0 Å². The lowest BCUT2D eigenvalue weighted by Crippen LogP contribution is -1.88. The molecule has 0 amide bonds. The molecule has 70 valence electrons.